The number of aromatic nitrogens is 2. The van der Waals surface area contributed by atoms with Gasteiger partial charge in [0.25, 0.3) is 0 Å². The SMILES string of the molecule is CCc1cnc(C(C)CCc2csc(C(C)(C)C)n2)s1. The lowest BCUT2D eigenvalue weighted by atomic mass is 9.98. The smallest absolute Gasteiger partial charge is 0.0981 e. The van der Waals surface area contributed by atoms with Gasteiger partial charge in [-0.05, 0) is 19.3 Å². The summed E-state index contributed by atoms with van der Waals surface area (Å²) in [5.74, 6) is 0.528. The Morgan fingerprint density at radius 2 is 2.05 bits per heavy atom. The van der Waals surface area contributed by atoms with Crippen LogP contribution in [0.25, 0.3) is 0 Å². The molecule has 1 unspecified atom stereocenters. The fourth-order valence-corrected chi connectivity index (χ4v) is 3.85. The molecule has 110 valence electrons. The van der Waals surface area contributed by atoms with Crippen molar-refractivity contribution in [1.29, 1.82) is 0 Å². The minimum atomic E-state index is 0.167. The van der Waals surface area contributed by atoms with Gasteiger partial charge < -0.3 is 0 Å². The third kappa shape index (κ3) is 3.89. The first kappa shape index (κ1) is 15.6. The van der Waals surface area contributed by atoms with Gasteiger partial charge in [0.2, 0.25) is 0 Å². The van der Waals surface area contributed by atoms with E-state index in [4.69, 9.17) is 4.98 Å². The number of hydrogen-bond donors (Lipinski definition) is 0. The molecular weight excluding hydrogens is 284 g/mol. The lowest BCUT2D eigenvalue weighted by Gasteiger charge is -2.13. The van der Waals surface area contributed by atoms with Crippen molar-refractivity contribution in [3.8, 4) is 0 Å². The minimum absolute atomic E-state index is 0.167. The maximum absolute atomic E-state index is 4.77. The van der Waals surface area contributed by atoms with E-state index in [0.717, 1.165) is 19.3 Å². The Labute approximate surface area is 130 Å². The van der Waals surface area contributed by atoms with Gasteiger partial charge in [0, 0.05) is 27.8 Å². The van der Waals surface area contributed by atoms with Crippen LogP contribution in [-0.4, -0.2) is 9.97 Å². The van der Waals surface area contributed by atoms with Gasteiger partial charge >= 0.3 is 0 Å². The summed E-state index contributed by atoms with van der Waals surface area (Å²) in [5, 5.41) is 4.72. The molecule has 4 heteroatoms. The van der Waals surface area contributed by atoms with Gasteiger partial charge in [-0.1, -0.05) is 34.6 Å². The third-order valence-corrected chi connectivity index (χ3v) is 6.06. The Morgan fingerprint density at radius 1 is 1.30 bits per heavy atom. The lowest BCUT2D eigenvalue weighted by molar-refractivity contribution is 0.580. The second kappa shape index (κ2) is 6.35. The van der Waals surface area contributed by atoms with Crippen molar-refractivity contribution >= 4 is 22.7 Å². The molecule has 0 aliphatic rings. The molecule has 0 fully saturated rings. The normalized spacial score (nSPS) is 13.7. The summed E-state index contributed by atoms with van der Waals surface area (Å²) in [6, 6.07) is 0. The highest BCUT2D eigenvalue weighted by Crippen LogP contribution is 2.28. The van der Waals surface area contributed by atoms with E-state index in [1.165, 1.54) is 20.6 Å². The van der Waals surface area contributed by atoms with Crippen LogP contribution in [0.1, 0.15) is 67.5 Å². The standard InChI is InChI=1S/C16H24N2S2/c1-6-13-9-17-14(20-13)11(2)7-8-12-10-19-15(18-12)16(3,4)5/h9-11H,6-8H2,1-5H3. The number of aryl methyl sites for hydroxylation is 2. The molecule has 0 bridgehead atoms. The van der Waals surface area contributed by atoms with Crippen molar-refractivity contribution in [2.24, 2.45) is 0 Å². The largest absolute Gasteiger partial charge is 0.249 e. The van der Waals surface area contributed by atoms with E-state index in [0.29, 0.717) is 5.92 Å². The molecule has 0 N–H and O–H groups in total. The van der Waals surface area contributed by atoms with Crippen molar-refractivity contribution in [2.45, 2.75) is 65.2 Å². The van der Waals surface area contributed by atoms with E-state index in [2.05, 4.69) is 45.0 Å². The molecule has 0 spiro atoms. The molecule has 0 aromatic carbocycles. The maximum atomic E-state index is 4.77. The Bertz CT molecular complexity index is 549. The van der Waals surface area contributed by atoms with Crippen LogP contribution < -0.4 is 0 Å². The lowest BCUT2D eigenvalue weighted by Crippen LogP contribution is -2.10. The third-order valence-electron chi connectivity index (χ3n) is 3.37. The molecule has 0 radical (unpaired) electrons. The average molecular weight is 309 g/mol. The van der Waals surface area contributed by atoms with Gasteiger partial charge in [-0.25, -0.2) is 9.97 Å². The monoisotopic (exact) mass is 308 g/mol. The Hall–Kier alpha value is -0.740. The van der Waals surface area contributed by atoms with Gasteiger partial charge in [0.1, 0.15) is 0 Å². The summed E-state index contributed by atoms with van der Waals surface area (Å²) in [6.45, 7) is 11.1. The highest BCUT2D eigenvalue weighted by Gasteiger charge is 2.18. The van der Waals surface area contributed by atoms with Crippen LogP contribution in [0.3, 0.4) is 0 Å². The van der Waals surface area contributed by atoms with E-state index in [9.17, 15) is 0 Å². The van der Waals surface area contributed by atoms with Crippen LogP contribution in [0.4, 0.5) is 0 Å². The van der Waals surface area contributed by atoms with E-state index >= 15 is 0 Å². The molecule has 0 saturated heterocycles. The molecule has 2 heterocycles. The number of thiazole rings is 2. The van der Waals surface area contributed by atoms with Crippen LogP contribution in [0, 0.1) is 0 Å². The van der Waals surface area contributed by atoms with Crippen molar-refractivity contribution in [3.05, 3.63) is 32.2 Å². The average Bonchev–Trinajstić information content (AvgIpc) is 3.04. The first-order valence-corrected chi connectivity index (χ1v) is 8.99. The molecule has 1 atom stereocenters. The summed E-state index contributed by atoms with van der Waals surface area (Å²) in [7, 11) is 0. The number of nitrogens with zero attached hydrogens (tertiary/aromatic N) is 2. The molecular formula is C16H24N2S2. The second-order valence-electron chi connectivity index (χ2n) is 6.35. The van der Waals surface area contributed by atoms with Crippen molar-refractivity contribution in [2.75, 3.05) is 0 Å². The Balaban J connectivity index is 1.93. The highest BCUT2D eigenvalue weighted by molar-refractivity contribution is 7.11. The molecule has 0 saturated carbocycles. The van der Waals surface area contributed by atoms with Crippen molar-refractivity contribution in [1.82, 2.24) is 9.97 Å². The Kier molecular flexibility index (Phi) is 4.97. The zero-order valence-electron chi connectivity index (χ0n) is 13.1. The van der Waals surface area contributed by atoms with Gasteiger partial charge in [-0.3, -0.25) is 0 Å². The van der Waals surface area contributed by atoms with Gasteiger partial charge in [0.15, 0.2) is 0 Å². The summed E-state index contributed by atoms with van der Waals surface area (Å²) >= 11 is 3.64. The molecule has 2 aromatic rings. The predicted octanol–water partition coefficient (Wildman–Crippen LogP) is 5.20. The zero-order chi connectivity index (χ0) is 14.8. The van der Waals surface area contributed by atoms with Crippen LogP contribution >= 0.6 is 22.7 Å². The van der Waals surface area contributed by atoms with Crippen LogP contribution in [-0.2, 0) is 18.3 Å². The maximum Gasteiger partial charge on any atom is 0.0981 e. The van der Waals surface area contributed by atoms with E-state index < -0.39 is 0 Å². The molecule has 0 aliphatic heterocycles. The van der Waals surface area contributed by atoms with Crippen LogP contribution in [0.2, 0.25) is 0 Å². The molecule has 0 aliphatic carbocycles. The fourth-order valence-electron chi connectivity index (χ4n) is 1.97. The van der Waals surface area contributed by atoms with E-state index in [1.54, 1.807) is 11.3 Å². The number of rotatable bonds is 5. The summed E-state index contributed by atoms with van der Waals surface area (Å²) in [4.78, 5) is 10.7. The first-order valence-electron chi connectivity index (χ1n) is 7.29. The van der Waals surface area contributed by atoms with Crippen LogP contribution in [0.15, 0.2) is 11.6 Å². The molecule has 20 heavy (non-hydrogen) atoms. The van der Waals surface area contributed by atoms with Gasteiger partial charge in [0.05, 0.1) is 15.7 Å². The topological polar surface area (TPSA) is 25.8 Å². The first-order chi connectivity index (χ1) is 9.40. The predicted molar refractivity (Wildman–Crippen MR) is 89.0 cm³/mol. The Morgan fingerprint density at radius 3 is 2.60 bits per heavy atom. The summed E-state index contributed by atoms with van der Waals surface area (Å²) < 4.78 is 0. The van der Waals surface area contributed by atoms with E-state index in [1.807, 2.05) is 17.5 Å². The van der Waals surface area contributed by atoms with Gasteiger partial charge in [-0.2, -0.15) is 0 Å². The van der Waals surface area contributed by atoms with E-state index in [-0.39, 0.29) is 5.41 Å². The zero-order valence-corrected chi connectivity index (χ0v) is 14.7. The molecule has 2 nitrogen and oxygen atoms in total. The number of hydrogen-bond acceptors (Lipinski definition) is 4. The van der Waals surface area contributed by atoms with Crippen molar-refractivity contribution in [3.63, 3.8) is 0 Å². The fraction of sp³-hybridized carbons (Fsp3) is 0.625. The van der Waals surface area contributed by atoms with Crippen molar-refractivity contribution < 1.29 is 0 Å². The molecule has 2 aromatic heterocycles. The van der Waals surface area contributed by atoms with Crippen LogP contribution in [0.5, 0.6) is 0 Å². The van der Waals surface area contributed by atoms with Gasteiger partial charge in [-0.15, -0.1) is 22.7 Å². The summed E-state index contributed by atoms with van der Waals surface area (Å²) in [5.41, 5.74) is 1.40. The quantitative estimate of drug-likeness (QED) is 0.759. The second-order valence-corrected chi connectivity index (χ2v) is 8.36. The molecule has 0 amide bonds. The highest BCUT2D eigenvalue weighted by atomic mass is 32.1. The molecule has 2 rings (SSSR count). The summed E-state index contributed by atoms with van der Waals surface area (Å²) in [6.07, 6.45) is 5.29. The minimum Gasteiger partial charge on any atom is -0.249 e.